The summed E-state index contributed by atoms with van der Waals surface area (Å²) in [5.41, 5.74) is 0.774. The van der Waals surface area contributed by atoms with E-state index in [4.69, 9.17) is 11.6 Å². The summed E-state index contributed by atoms with van der Waals surface area (Å²) < 4.78 is 0.993. The summed E-state index contributed by atoms with van der Waals surface area (Å²) in [6.07, 6.45) is 6.69. The Kier molecular flexibility index (Phi) is 5.06. The molecule has 2 heterocycles. The van der Waals surface area contributed by atoms with E-state index in [-0.39, 0.29) is 0 Å². The number of rotatable bonds is 4. The molecule has 0 aliphatic heterocycles. The quantitative estimate of drug-likeness (QED) is 0.478. The molecule has 3 rings (SSSR count). The van der Waals surface area contributed by atoms with Crippen molar-refractivity contribution in [3.8, 4) is 0 Å². The molecule has 22 heavy (non-hydrogen) atoms. The topological polar surface area (TPSA) is 63.6 Å². The van der Waals surface area contributed by atoms with E-state index in [1.807, 2.05) is 18.2 Å². The van der Waals surface area contributed by atoms with Gasteiger partial charge in [-0.2, -0.15) is 0 Å². The van der Waals surface area contributed by atoms with Crippen LogP contribution in [0.25, 0.3) is 0 Å². The van der Waals surface area contributed by atoms with Crippen molar-refractivity contribution in [2.75, 3.05) is 5.32 Å². The number of benzene rings is 1. The standard InChI is InChI=1S/C14H9ClIN5S/c15-13-10(21-12-4-5-17-8-20-12)2-1-3-11(13)22-14-18-6-9(16)7-19-14/h1-8H,(H,17,20,21). The van der Waals surface area contributed by atoms with Gasteiger partial charge in [0.15, 0.2) is 5.16 Å². The Morgan fingerprint density at radius 3 is 2.64 bits per heavy atom. The van der Waals surface area contributed by atoms with Gasteiger partial charge in [0.25, 0.3) is 0 Å². The molecule has 0 amide bonds. The van der Waals surface area contributed by atoms with Crippen LogP contribution in [0.2, 0.25) is 5.02 Å². The van der Waals surface area contributed by atoms with Gasteiger partial charge in [0, 0.05) is 27.1 Å². The smallest absolute Gasteiger partial charge is 0.192 e. The highest BCUT2D eigenvalue weighted by Crippen LogP contribution is 2.36. The second-order valence-electron chi connectivity index (χ2n) is 4.12. The van der Waals surface area contributed by atoms with Gasteiger partial charge in [0.2, 0.25) is 0 Å². The highest BCUT2D eigenvalue weighted by Gasteiger charge is 2.09. The van der Waals surface area contributed by atoms with Crippen LogP contribution in [0.15, 0.2) is 59.2 Å². The Morgan fingerprint density at radius 1 is 1.09 bits per heavy atom. The lowest BCUT2D eigenvalue weighted by molar-refractivity contribution is 0.957. The Morgan fingerprint density at radius 2 is 1.91 bits per heavy atom. The summed E-state index contributed by atoms with van der Waals surface area (Å²) in [5.74, 6) is 0.685. The molecule has 0 aliphatic rings. The molecule has 8 heteroatoms. The third-order valence-corrected chi connectivity index (χ3v) is 4.64. The van der Waals surface area contributed by atoms with E-state index in [1.54, 1.807) is 24.7 Å². The molecule has 0 unspecified atom stereocenters. The van der Waals surface area contributed by atoms with Crippen molar-refractivity contribution in [1.29, 1.82) is 0 Å². The van der Waals surface area contributed by atoms with E-state index < -0.39 is 0 Å². The molecular formula is C14H9ClIN5S. The lowest BCUT2D eigenvalue weighted by Crippen LogP contribution is -1.95. The van der Waals surface area contributed by atoms with Crippen LogP contribution in [0.5, 0.6) is 0 Å². The highest BCUT2D eigenvalue weighted by atomic mass is 127. The largest absolute Gasteiger partial charge is 0.339 e. The summed E-state index contributed by atoms with van der Waals surface area (Å²) in [6.45, 7) is 0. The number of halogens is 2. The van der Waals surface area contributed by atoms with Gasteiger partial charge in [-0.1, -0.05) is 17.7 Å². The summed E-state index contributed by atoms with van der Waals surface area (Å²) in [6, 6.07) is 7.52. The van der Waals surface area contributed by atoms with Crippen LogP contribution in [0, 0.1) is 3.57 Å². The Bertz CT molecular complexity index is 770. The van der Waals surface area contributed by atoms with Crippen molar-refractivity contribution in [3.05, 3.63) is 57.8 Å². The summed E-state index contributed by atoms with van der Waals surface area (Å²) in [4.78, 5) is 17.4. The van der Waals surface area contributed by atoms with Gasteiger partial charge in [0.1, 0.15) is 12.1 Å². The molecule has 0 spiro atoms. The molecule has 1 aromatic carbocycles. The monoisotopic (exact) mass is 441 g/mol. The van der Waals surface area contributed by atoms with E-state index >= 15 is 0 Å². The van der Waals surface area contributed by atoms with Crippen molar-refractivity contribution in [2.45, 2.75) is 10.1 Å². The molecule has 0 atom stereocenters. The zero-order valence-corrected chi connectivity index (χ0v) is 14.8. The van der Waals surface area contributed by atoms with Crippen LogP contribution in [0.3, 0.4) is 0 Å². The average molecular weight is 442 g/mol. The van der Waals surface area contributed by atoms with Crippen molar-refractivity contribution >= 4 is 57.5 Å². The highest BCUT2D eigenvalue weighted by molar-refractivity contribution is 14.1. The first-order valence-electron chi connectivity index (χ1n) is 6.19. The first kappa shape index (κ1) is 15.4. The minimum Gasteiger partial charge on any atom is -0.339 e. The predicted molar refractivity (Wildman–Crippen MR) is 95.6 cm³/mol. The van der Waals surface area contributed by atoms with Crippen LogP contribution in [-0.2, 0) is 0 Å². The van der Waals surface area contributed by atoms with E-state index in [2.05, 4.69) is 47.8 Å². The minimum atomic E-state index is 0.605. The van der Waals surface area contributed by atoms with Gasteiger partial charge in [-0.05, 0) is 52.6 Å². The van der Waals surface area contributed by atoms with Crippen molar-refractivity contribution in [2.24, 2.45) is 0 Å². The summed E-state index contributed by atoms with van der Waals surface area (Å²) >= 11 is 10.0. The molecule has 0 fully saturated rings. The van der Waals surface area contributed by atoms with Crippen LogP contribution < -0.4 is 5.32 Å². The Hall–Kier alpha value is -1.45. The van der Waals surface area contributed by atoms with E-state index in [0.717, 1.165) is 14.2 Å². The van der Waals surface area contributed by atoms with Gasteiger partial charge >= 0.3 is 0 Å². The average Bonchev–Trinajstić information content (AvgIpc) is 2.54. The van der Waals surface area contributed by atoms with Crippen molar-refractivity contribution < 1.29 is 0 Å². The molecule has 1 N–H and O–H groups in total. The van der Waals surface area contributed by atoms with Gasteiger partial charge < -0.3 is 5.32 Å². The molecule has 0 bridgehead atoms. The Balaban J connectivity index is 1.84. The second-order valence-corrected chi connectivity index (χ2v) is 6.76. The van der Waals surface area contributed by atoms with E-state index in [9.17, 15) is 0 Å². The zero-order chi connectivity index (χ0) is 15.4. The molecule has 0 aliphatic carbocycles. The predicted octanol–water partition coefficient (Wildman–Crippen LogP) is 4.42. The van der Waals surface area contributed by atoms with Gasteiger partial charge in [0.05, 0.1) is 10.7 Å². The van der Waals surface area contributed by atoms with Crippen LogP contribution in [-0.4, -0.2) is 19.9 Å². The molecule has 0 saturated heterocycles. The SMILES string of the molecule is Clc1c(Nc2ccncn2)cccc1Sc1ncc(I)cn1. The molecule has 2 aromatic heterocycles. The summed E-state index contributed by atoms with van der Waals surface area (Å²) in [7, 11) is 0. The lowest BCUT2D eigenvalue weighted by atomic mass is 10.3. The number of aromatic nitrogens is 4. The number of nitrogens with one attached hydrogen (secondary N) is 1. The maximum Gasteiger partial charge on any atom is 0.192 e. The van der Waals surface area contributed by atoms with E-state index in [1.165, 1.54) is 18.1 Å². The maximum atomic E-state index is 6.46. The second kappa shape index (κ2) is 7.21. The number of hydrogen-bond acceptors (Lipinski definition) is 6. The van der Waals surface area contributed by atoms with Crippen LogP contribution in [0.1, 0.15) is 0 Å². The van der Waals surface area contributed by atoms with Gasteiger partial charge in [-0.15, -0.1) is 0 Å². The van der Waals surface area contributed by atoms with Gasteiger partial charge in [-0.25, -0.2) is 19.9 Å². The number of nitrogens with zero attached hydrogens (tertiary/aromatic N) is 4. The minimum absolute atomic E-state index is 0.605. The lowest BCUT2D eigenvalue weighted by Gasteiger charge is -2.10. The maximum absolute atomic E-state index is 6.46. The molecular weight excluding hydrogens is 433 g/mol. The van der Waals surface area contributed by atoms with Crippen molar-refractivity contribution in [3.63, 3.8) is 0 Å². The number of hydrogen-bond donors (Lipinski definition) is 1. The fourth-order valence-corrected chi connectivity index (χ4v) is 2.96. The summed E-state index contributed by atoms with van der Waals surface area (Å²) in [5, 5.41) is 4.43. The third-order valence-electron chi connectivity index (χ3n) is 2.61. The Labute approximate surface area is 150 Å². The normalized spacial score (nSPS) is 10.5. The fourth-order valence-electron chi connectivity index (χ4n) is 1.64. The first-order valence-corrected chi connectivity index (χ1v) is 8.46. The molecule has 110 valence electrons. The zero-order valence-electron chi connectivity index (χ0n) is 11.1. The first-order chi connectivity index (χ1) is 10.7. The molecule has 0 saturated carbocycles. The fraction of sp³-hybridized carbons (Fsp3) is 0. The van der Waals surface area contributed by atoms with E-state index in [0.29, 0.717) is 16.0 Å². The molecule has 0 radical (unpaired) electrons. The number of anilines is 2. The van der Waals surface area contributed by atoms with Crippen molar-refractivity contribution in [1.82, 2.24) is 19.9 Å². The molecule has 3 aromatic rings. The van der Waals surface area contributed by atoms with Gasteiger partial charge in [-0.3, -0.25) is 0 Å². The molecule has 5 nitrogen and oxygen atoms in total. The third kappa shape index (κ3) is 3.84. The van der Waals surface area contributed by atoms with Crippen LogP contribution >= 0.6 is 46.0 Å². The van der Waals surface area contributed by atoms with Crippen LogP contribution in [0.4, 0.5) is 11.5 Å².